The van der Waals surface area contributed by atoms with Crippen LogP contribution in [-0.4, -0.2) is 18.9 Å². The van der Waals surface area contributed by atoms with E-state index >= 15 is 0 Å². The number of rotatable bonds is 0. The Morgan fingerprint density at radius 1 is 0.600 bits per heavy atom. The van der Waals surface area contributed by atoms with Gasteiger partial charge in [-0.2, -0.15) is 0 Å². The molecule has 67 valence electrons. The fourth-order valence-corrected chi connectivity index (χ4v) is 0. The molecule has 0 amide bonds. The van der Waals surface area contributed by atoms with Crippen molar-refractivity contribution >= 4 is 27.2 Å². The summed E-state index contributed by atoms with van der Waals surface area (Å²) >= 11 is 0. The van der Waals surface area contributed by atoms with Crippen LogP contribution < -0.4 is 0 Å². The predicted octanol–water partition coefficient (Wildman–Crippen LogP) is 0.890. The Morgan fingerprint density at radius 3 is 0.600 bits per heavy atom. The van der Waals surface area contributed by atoms with Crippen molar-refractivity contribution < 1.29 is 37.4 Å². The standard InChI is InChI=1S/6FH.Li.O2P.H/c;;;;;;;1-3-2;/h6*1H;;;. The van der Waals surface area contributed by atoms with Crippen LogP contribution in [0.15, 0.2) is 0 Å². The van der Waals surface area contributed by atoms with E-state index < -0.39 is 8.34 Å². The molecule has 0 rings (SSSR count). The van der Waals surface area contributed by atoms with Crippen LogP contribution in [0.3, 0.4) is 0 Å². The summed E-state index contributed by atoms with van der Waals surface area (Å²) < 4.78 is 16.7. The zero-order chi connectivity index (χ0) is 2.71. The van der Waals surface area contributed by atoms with E-state index in [0.29, 0.717) is 0 Å². The summed E-state index contributed by atoms with van der Waals surface area (Å²) in [6.07, 6.45) is 0. The van der Waals surface area contributed by atoms with Crippen LogP contribution >= 0.6 is 8.34 Å². The number of hydrogen-bond acceptors (Lipinski definition) is 2. The Balaban J connectivity index is -0.000000000952. The molecule has 0 fully saturated rings. The molecule has 0 unspecified atom stereocenters. The molecule has 1 radical (unpaired) electrons. The molecular weight excluding hydrogens is 184 g/mol. The molecule has 10 heteroatoms. The topological polar surface area (TPSA) is 34.1 Å². The summed E-state index contributed by atoms with van der Waals surface area (Å²) in [5, 5.41) is 0. The van der Waals surface area contributed by atoms with Gasteiger partial charge in [0.25, 0.3) is 0 Å². The van der Waals surface area contributed by atoms with E-state index in [1.165, 1.54) is 0 Å². The van der Waals surface area contributed by atoms with Gasteiger partial charge in [-0.3, -0.25) is 28.2 Å². The number of halogens is 6. The van der Waals surface area contributed by atoms with Gasteiger partial charge in [0, 0.05) is 0 Å². The van der Waals surface area contributed by atoms with Gasteiger partial charge in [0.05, 0.1) is 0 Å². The molecular formula is H7F6LiO2P. The molecule has 0 aromatic heterocycles. The van der Waals surface area contributed by atoms with E-state index in [1.54, 1.807) is 0 Å². The maximum absolute atomic E-state index is 8.35. The Morgan fingerprint density at radius 2 is 0.600 bits per heavy atom. The second-order valence-corrected chi connectivity index (χ2v) is 0.224. The fraction of sp³-hybridized carbons (Fsp3) is 0. The van der Waals surface area contributed by atoms with E-state index in [0.717, 1.165) is 0 Å². The first-order valence-electron chi connectivity index (χ1n) is 0.365. The van der Waals surface area contributed by atoms with Crippen molar-refractivity contribution in [2.45, 2.75) is 0 Å². The Kier molecular flexibility index (Phi) is 7560. The van der Waals surface area contributed by atoms with Crippen molar-refractivity contribution in [3.05, 3.63) is 0 Å². The van der Waals surface area contributed by atoms with E-state index in [9.17, 15) is 0 Å². The zero-order valence-electron chi connectivity index (χ0n) is 3.71. The molecule has 0 aliphatic rings. The van der Waals surface area contributed by atoms with Crippen LogP contribution in [0.1, 0.15) is 0 Å². The molecule has 0 aromatic rings. The second kappa shape index (κ2) is 425. The molecule has 0 spiro atoms. The third-order valence-corrected chi connectivity index (χ3v) is 0. The summed E-state index contributed by atoms with van der Waals surface area (Å²) in [6, 6.07) is 0. The van der Waals surface area contributed by atoms with Crippen molar-refractivity contribution in [2.75, 3.05) is 0 Å². The molecule has 0 atom stereocenters. The van der Waals surface area contributed by atoms with Gasteiger partial charge in [-0.05, 0) is 0 Å². The van der Waals surface area contributed by atoms with Gasteiger partial charge in [0.15, 0.2) is 0 Å². The van der Waals surface area contributed by atoms with Crippen LogP contribution in [0, 0.1) is 0 Å². The molecule has 10 heavy (non-hydrogen) atoms. The third kappa shape index (κ3) is 9910. The second-order valence-electron chi connectivity index (χ2n) is 0.0745. The molecule has 0 bridgehead atoms. The Hall–Kier alpha value is 0.207. The monoisotopic (exact) mass is 191 g/mol. The summed E-state index contributed by atoms with van der Waals surface area (Å²) in [7, 11) is -1.08. The first-order valence-corrected chi connectivity index (χ1v) is 1.10. The summed E-state index contributed by atoms with van der Waals surface area (Å²) in [4.78, 5) is 0. The maximum atomic E-state index is 8.35. The molecule has 0 aliphatic carbocycles. The molecule has 0 heterocycles. The molecule has 0 saturated heterocycles. The van der Waals surface area contributed by atoms with Crippen LogP contribution in [0.5, 0.6) is 0 Å². The number of hydrogen-bond donors (Lipinski definition) is 0. The molecule has 0 N–H and O–H groups in total. The van der Waals surface area contributed by atoms with Crippen LogP contribution in [-0.2, 0) is 9.13 Å². The van der Waals surface area contributed by atoms with Gasteiger partial charge >= 0.3 is 36.3 Å². The van der Waals surface area contributed by atoms with E-state index in [-0.39, 0.29) is 47.1 Å². The normalized spacial score (nSPS) is 0.800. The Bertz CT molecular complexity index is 36.7. The van der Waals surface area contributed by atoms with Crippen molar-refractivity contribution in [1.29, 1.82) is 0 Å². The van der Waals surface area contributed by atoms with Gasteiger partial charge < -0.3 is 0 Å². The third-order valence-electron chi connectivity index (χ3n) is 0. The van der Waals surface area contributed by atoms with Gasteiger partial charge in [-0.1, -0.05) is 0 Å². The first kappa shape index (κ1) is 178. The van der Waals surface area contributed by atoms with Crippen molar-refractivity contribution in [2.24, 2.45) is 0 Å². The average molecular weight is 191 g/mol. The van der Waals surface area contributed by atoms with Gasteiger partial charge in [0.2, 0.25) is 0 Å². The molecule has 0 aliphatic heterocycles. The van der Waals surface area contributed by atoms with E-state index in [1.807, 2.05) is 0 Å². The quantitative estimate of drug-likeness (QED) is 0.323. The SMILES string of the molecule is F.F.F.F.F.F.O=[P]=O.[LiH]. The van der Waals surface area contributed by atoms with Gasteiger partial charge in [-0.25, -0.2) is 0 Å². The Labute approximate surface area is 65.4 Å². The van der Waals surface area contributed by atoms with Crippen LogP contribution in [0.25, 0.3) is 0 Å². The van der Waals surface area contributed by atoms with Gasteiger partial charge in [-0.15, -0.1) is 0 Å². The van der Waals surface area contributed by atoms with Crippen molar-refractivity contribution in [3.63, 3.8) is 0 Å². The van der Waals surface area contributed by atoms with Crippen molar-refractivity contribution in [1.82, 2.24) is 0 Å². The van der Waals surface area contributed by atoms with E-state index in [2.05, 4.69) is 0 Å². The van der Waals surface area contributed by atoms with Crippen LogP contribution in [0.2, 0.25) is 0 Å². The van der Waals surface area contributed by atoms with E-state index in [4.69, 9.17) is 9.13 Å². The zero-order valence-corrected chi connectivity index (χ0v) is 4.61. The molecule has 0 aromatic carbocycles. The minimum atomic E-state index is -1.08. The summed E-state index contributed by atoms with van der Waals surface area (Å²) in [6.45, 7) is 0. The summed E-state index contributed by atoms with van der Waals surface area (Å²) in [5.41, 5.74) is 0. The fourth-order valence-electron chi connectivity index (χ4n) is 0. The predicted molar refractivity (Wildman–Crippen MR) is 30.5 cm³/mol. The molecule has 0 saturated carbocycles. The average Bonchev–Trinajstić information content (AvgIpc) is 0.918. The minimum absolute atomic E-state index is 0. The first-order chi connectivity index (χ1) is 1.41. The summed E-state index contributed by atoms with van der Waals surface area (Å²) in [5.74, 6) is 0. The van der Waals surface area contributed by atoms with Crippen LogP contribution in [0.4, 0.5) is 28.2 Å². The molecule has 2 nitrogen and oxygen atoms in total. The van der Waals surface area contributed by atoms with Crippen molar-refractivity contribution in [3.8, 4) is 0 Å². The van der Waals surface area contributed by atoms with Gasteiger partial charge in [0.1, 0.15) is 0 Å².